The summed E-state index contributed by atoms with van der Waals surface area (Å²) in [6.07, 6.45) is 6.22. The number of benzene rings is 2. The summed E-state index contributed by atoms with van der Waals surface area (Å²) in [5, 5.41) is -0.410. The number of hydrogen-bond donors (Lipinski definition) is 0. The van der Waals surface area contributed by atoms with Crippen LogP contribution in [-0.2, 0) is 28.4 Å². The lowest BCUT2D eigenvalue weighted by Gasteiger charge is -2.17. The van der Waals surface area contributed by atoms with E-state index >= 15 is 0 Å². The second-order valence-corrected chi connectivity index (χ2v) is 11.0. The van der Waals surface area contributed by atoms with Crippen molar-refractivity contribution in [2.45, 2.75) is 76.4 Å². The minimum Gasteiger partial charge on any atom is -0.490 e. The summed E-state index contributed by atoms with van der Waals surface area (Å²) in [6.45, 7) is 5.47. The van der Waals surface area contributed by atoms with E-state index in [1.165, 1.54) is 12.8 Å². The molecule has 1 aliphatic carbocycles. The Morgan fingerprint density at radius 3 is 2.27 bits per heavy atom. The van der Waals surface area contributed by atoms with Gasteiger partial charge in [-0.3, -0.25) is 4.79 Å². The maximum absolute atomic E-state index is 12.7. The van der Waals surface area contributed by atoms with E-state index in [-0.39, 0.29) is 11.5 Å². The number of Topliss-reactive ketones (excluding diaryl/α,β-unsaturated/α-hetero) is 1. The maximum Gasteiger partial charge on any atom is 0.167 e. The van der Waals surface area contributed by atoms with Gasteiger partial charge in [0.05, 0.1) is 17.1 Å². The molecule has 4 nitrogen and oxygen atoms in total. The van der Waals surface area contributed by atoms with Gasteiger partial charge in [0.1, 0.15) is 5.75 Å². The Morgan fingerprint density at radius 2 is 1.67 bits per heavy atom. The fraction of sp³-hybridized carbons (Fsp3) is 0.480. The Morgan fingerprint density at radius 1 is 1.03 bits per heavy atom. The van der Waals surface area contributed by atoms with Crippen LogP contribution >= 0.6 is 0 Å². The van der Waals surface area contributed by atoms with Crippen LogP contribution in [0.5, 0.6) is 5.75 Å². The van der Waals surface area contributed by atoms with E-state index in [2.05, 4.69) is 13.0 Å². The summed E-state index contributed by atoms with van der Waals surface area (Å²) < 4.78 is 30.3. The molecule has 0 heterocycles. The number of carbonyl (C=O) groups excluding carboxylic acids is 1. The first-order chi connectivity index (χ1) is 14.3. The highest BCUT2D eigenvalue weighted by molar-refractivity contribution is 7.91. The molecule has 1 saturated carbocycles. The van der Waals surface area contributed by atoms with E-state index in [0.717, 1.165) is 36.1 Å². The van der Waals surface area contributed by atoms with Crippen molar-refractivity contribution in [2.24, 2.45) is 0 Å². The molecule has 30 heavy (non-hydrogen) atoms. The molecule has 0 amide bonds. The van der Waals surface area contributed by atoms with Gasteiger partial charge in [-0.1, -0.05) is 43.3 Å². The van der Waals surface area contributed by atoms with Crippen LogP contribution in [0.1, 0.15) is 73.5 Å². The number of ketones is 1. The third kappa shape index (κ3) is 5.72. The second-order valence-electron chi connectivity index (χ2n) is 8.47. The Hall–Kier alpha value is -2.14. The average molecular weight is 429 g/mol. The van der Waals surface area contributed by atoms with Gasteiger partial charge in [0.15, 0.2) is 15.6 Å². The van der Waals surface area contributed by atoms with Crippen molar-refractivity contribution in [1.29, 1.82) is 0 Å². The van der Waals surface area contributed by atoms with Crippen molar-refractivity contribution in [1.82, 2.24) is 0 Å². The van der Waals surface area contributed by atoms with Gasteiger partial charge in [0.25, 0.3) is 0 Å². The fourth-order valence-corrected chi connectivity index (χ4v) is 4.78. The van der Waals surface area contributed by atoms with Gasteiger partial charge >= 0.3 is 0 Å². The minimum atomic E-state index is -3.15. The molecule has 0 N–H and O–H groups in total. The van der Waals surface area contributed by atoms with Gasteiger partial charge in [0, 0.05) is 12.0 Å². The molecule has 1 aliphatic rings. The molecule has 0 saturated heterocycles. The molecular formula is C25H32O4S. The van der Waals surface area contributed by atoms with Crippen molar-refractivity contribution >= 4 is 15.6 Å². The zero-order valence-electron chi connectivity index (χ0n) is 18.2. The van der Waals surface area contributed by atoms with Crippen molar-refractivity contribution in [3.8, 4) is 5.75 Å². The highest BCUT2D eigenvalue weighted by atomic mass is 32.2. The summed E-state index contributed by atoms with van der Waals surface area (Å²) in [7, 11) is -3.15. The monoisotopic (exact) mass is 428 g/mol. The zero-order chi connectivity index (χ0) is 21.7. The summed E-state index contributed by atoms with van der Waals surface area (Å²) in [4.78, 5) is 12.7. The number of ether oxygens (including phenoxy) is 1. The predicted molar refractivity (Wildman–Crippen MR) is 121 cm³/mol. The van der Waals surface area contributed by atoms with Gasteiger partial charge < -0.3 is 4.74 Å². The van der Waals surface area contributed by atoms with E-state index in [1.807, 2.05) is 12.1 Å². The first-order valence-corrected chi connectivity index (χ1v) is 12.6. The number of rotatable bonds is 9. The van der Waals surface area contributed by atoms with Crippen molar-refractivity contribution in [2.75, 3.05) is 0 Å². The Labute approximate surface area is 180 Å². The Bertz CT molecular complexity index is 969. The van der Waals surface area contributed by atoms with E-state index in [0.29, 0.717) is 23.7 Å². The first-order valence-electron chi connectivity index (χ1n) is 10.9. The molecule has 162 valence electrons. The van der Waals surface area contributed by atoms with Gasteiger partial charge in [-0.15, -0.1) is 0 Å². The predicted octanol–water partition coefficient (Wildman–Crippen LogP) is 5.32. The van der Waals surface area contributed by atoms with Crippen LogP contribution in [0.15, 0.2) is 42.5 Å². The topological polar surface area (TPSA) is 60.4 Å². The highest BCUT2D eigenvalue weighted by Crippen LogP contribution is 2.28. The first kappa shape index (κ1) is 22.5. The molecular weight excluding hydrogens is 396 g/mol. The summed E-state index contributed by atoms with van der Waals surface area (Å²) >= 11 is 0. The SMILES string of the molecule is CCc1cc(CC(=O)c2ccc(CS(=O)(=O)C(C)C)cc2)ccc1OC1CCCC1. The average Bonchev–Trinajstić information content (AvgIpc) is 3.22. The van der Waals surface area contributed by atoms with Crippen LogP contribution < -0.4 is 4.74 Å². The van der Waals surface area contributed by atoms with Crippen molar-refractivity contribution in [3.05, 3.63) is 64.7 Å². The van der Waals surface area contributed by atoms with E-state index in [9.17, 15) is 13.2 Å². The van der Waals surface area contributed by atoms with Crippen LogP contribution in [-0.4, -0.2) is 25.6 Å². The number of carbonyl (C=O) groups is 1. The molecule has 0 spiro atoms. The van der Waals surface area contributed by atoms with Crippen LogP contribution in [0.25, 0.3) is 0 Å². The second kappa shape index (κ2) is 9.78. The molecule has 2 aromatic carbocycles. The Kier molecular flexibility index (Phi) is 7.35. The summed E-state index contributed by atoms with van der Waals surface area (Å²) in [5.41, 5.74) is 3.43. The van der Waals surface area contributed by atoms with E-state index < -0.39 is 15.1 Å². The lowest BCUT2D eigenvalue weighted by molar-refractivity contribution is 0.0993. The van der Waals surface area contributed by atoms with Gasteiger partial charge in [0.2, 0.25) is 0 Å². The highest BCUT2D eigenvalue weighted by Gasteiger charge is 2.19. The minimum absolute atomic E-state index is 0.00144. The van der Waals surface area contributed by atoms with Gasteiger partial charge in [-0.25, -0.2) is 8.42 Å². The van der Waals surface area contributed by atoms with E-state index in [4.69, 9.17) is 4.74 Å². The quantitative estimate of drug-likeness (QED) is 0.507. The lowest BCUT2D eigenvalue weighted by Crippen LogP contribution is -2.16. The summed E-state index contributed by atoms with van der Waals surface area (Å²) in [6, 6.07) is 13.0. The van der Waals surface area contributed by atoms with E-state index in [1.54, 1.807) is 38.1 Å². The third-order valence-corrected chi connectivity index (χ3v) is 8.00. The van der Waals surface area contributed by atoms with Crippen LogP contribution in [0.2, 0.25) is 0 Å². The number of sulfone groups is 1. The molecule has 5 heteroatoms. The molecule has 3 rings (SSSR count). The third-order valence-electron chi connectivity index (χ3n) is 5.83. The van der Waals surface area contributed by atoms with Crippen molar-refractivity contribution in [3.63, 3.8) is 0 Å². The Balaban J connectivity index is 1.66. The smallest absolute Gasteiger partial charge is 0.167 e. The van der Waals surface area contributed by atoms with Crippen LogP contribution in [0, 0.1) is 0 Å². The molecule has 0 radical (unpaired) electrons. The molecule has 0 unspecified atom stereocenters. The van der Waals surface area contributed by atoms with Gasteiger partial charge in [-0.2, -0.15) is 0 Å². The van der Waals surface area contributed by atoms with Gasteiger partial charge in [-0.05, 0) is 68.7 Å². The molecule has 2 aromatic rings. The van der Waals surface area contributed by atoms with Crippen molar-refractivity contribution < 1.29 is 17.9 Å². The molecule has 0 aromatic heterocycles. The normalized spacial score (nSPS) is 14.9. The molecule has 0 bridgehead atoms. The van der Waals surface area contributed by atoms with Crippen LogP contribution in [0.4, 0.5) is 0 Å². The standard InChI is InChI=1S/C25H32O4S/c1-4-21-15-20(11-14-25(21)29-23-7-5-6-8-23)16-24(26)22-12-9-19(10-13-22)17-30(27,28)18(2)3/h9-15,18,23H,4-8,16-17H2,1-3H3. The van der Waals surface area contributed by atoms with Crippen LogP contribution in [0.3, 0.4) is 0 Å². The molecule has 0 atom stereocenters. The lowest BCUT2D eigenvalue weighted by atomic mass is 9.99. The zero-order valence-corrected chi connectivity index (χ0v) is 19.0. The maximum atomic E-state index is 12.7. The number of hydrogen-bond acceptors (Lipinski definition) is 4. The molecule has 0 aliphatic heterocycles. The largest absolute Gasteiger partial charge is 0.490 e. The fourth-order valence-electron chi connectivity index (χ4n) is 3.79. The number of aryl methyl sites for hydroxylation is 1. The summed E-state index contributed by atoms with van der Waals surface area (Å²) in [5.74, 6) is 0.970. The molecule has 1 fully saturated rings.